The third-order valence-electron chi connectivity index (χ3n) is 3.86. The van der Waals surface area contributed by atoms with Crippen molar-refractivity contribution in [3.63, 3.8) is 0 Å². The first-order valence-corrected chi connectivity index (χ1v) is 9.81. The van der Waals surface area contributed by atoms with E-state index >= 15 is 0 Å². The Kier molecular flexibility index (Phi) is 5.63. The number of nitrogens with zero attached hydrogens (tertiary/aromatic N) is 1. The van der Waals surface area contributed by atoms with Crippen LogP contribution in [0.1, 0.15) is 31.0 Å². The van der Waals surface area contributed by atoms with Crippen LogP contribution >= 0.6 is 23.5 Å². The molecule has 3 nitrogen and oxygen atoms in total. The van der Waals surface area contributed by atoms with E-state index in [1.165, 1.54) is 17.3 Å². The highest BCUT2D eigenvalue weighted by Gasteiger charge is 2.21. The Morgan fingerprint density at radius 1 is 1.12 bits per heavy atom. The van der Waals surface area contributed by atoms with E-state index in [9.17, 15) is 4.79 Å². The maximum absolute atomic E-state index is 12.4. The smallest absolute Gasteiger partial charge is 0.233 e. The number of hydrogen-bond donors (Lipinski definition) is 1. The molecule has 1 heterocycles. The van der Waals surface area contributed by atoms with Gasteiger partial charge in [-0.3, -0.25) is 4.79 Å². The Bertz CT molecular complexity index is 746. The summed E-state index contributed by atoms with van der Waals surface area (Å²) in [6, 6.07) is 18.2. The van der Waals surface area contributed by atoms with Crippen LogP contribution in [0.25, 0.3) is 0 Å². The van der Waals surface area contributed by atoms with Gasteiger partial charge in [0.1, 0.15) is 4.38 Å². The fraction of sp³-hybridized carbons (Fsp3) is 0.263. The molecule has 0 bridgehead atoms. The normalized spacial score (nSPS) is 15.8. The molecule has 2 aromatic carbocycles. The van der Waals surface area contributed by atoms with E-state index in [0.717, 1.165) is 21.4 Å². The molecule has 2 aromatic rings. The van der Waals surface area contributed by atoms with E-state index in [0.29, 0.717) is 0 Å². The predicted molar refractivity (Wildman–Crippen MR) is 105 cm³/mol. The molecule has 24 heavy (non-hydrogen) atoms. The highest BCUT2D eigenvalue weighted by molar-refractivity contribution is 8.39. The molecule has 0 fully saturated rings. The van der Waals surface area contributed by atoms with Gasteiger partial charge in [-0.2, -0.15) is 0 Å². The van der Waals surface area contributed by atoms with Gasteiger partial charge >= 0.3 is 0 Å². The minimum Gasteiger partial charge on any atom is -0.349 e. The molecule has 0 aromatic heterocycles. The van der Waals surface area contributed by atoms with Crippen molar-refractivity contribution in [1.29, 1.82) is 0 Å². The van der Waals surface area contributed by atoms with E-state index in [4.69, 9.17) is 0 Å². The summed E-state index contributed by atoms with van der Waals surface area (Å²) in [7, 11) is 0. The lowest BCUT2D eigenvalue weighted by molar-refractivity contribution is -0.120. The van der Waals surface area contributed by atoms with Crippen LogP contribution in [0.4, 0.5) is 5.69 Å². The fourth-order valence-electron chi connectivity index (χ4n) is 2.43. The SMILES string of the molecule is CC(SC1=Nc2ccccc2CS1)C(=O)NC(C)c1ccccc1. The molecule has 5 heteroatoms. The number of carbonyl (C=O) groups excluding carboxylic acids is 1. The van der Waals surface area contributed by atoms with Gasteiger partial charge in [-0.1, -0.05) is 72.1 Å². The zero-order valence-corrected chi connectivity index (χ0v) is 15.4. The Morgan fingerprint density at radius 2 is 1.83 bits per heavy atom. The van der Waals surface area contributed by atoms with Gasteiger partial charge in [0.25, 0.3) is 0 Å². The van der Waals surface area contributed by atoms with Crippen molar-refractivity contribution >= 4 is 39.5 Å². The van der Waals surface area contributed by atoms with Gasteiger partial charge in [0.15, 0.2) is 0 Å². The summed E-state index contributed by atoms with van der Waals surface area (Å²) in [6.07, 6.45) is 0. The molecule has 0 spiro atoms. The lowest BCUT2D eigenvalue weighted by Crippen LogP contribution is -2.33. The lowest BCUT2D eigenvalue weighted by atomic mass is 10.1. The first-order valence-electron chi connectivity index (χ1n) is 7.95. The summed E-state index contributed by atoms with van der Waals surface area (Å²) in [6.45, 7) is 3.94. The highest BCUT2D eigenvalue weighted by Crippen LogP contribution is 2.35. The van der Waals surface area contributed by atoms with Crippen molar-refractivity contribution in [3.8, 4) is 0 Å². The standard InChI is InChI=1S/C19H20N2OS2/c1-13(15-8-4-3-5-9-15)20-18(22)14(2)24-19-21-17-11-7-6-10-16(17)12-23-19/h3-11,13-14H,12H2,1-2H3,(H,20,22). The van der Waals surface area contributed by atoms with Crippen LogP contribution in [-0.4, -0.2) is 15.5 Å². The summed E-state index contributed by atoms with van der Waals surface area (Å²) in [5.74, 6) is 0.954. The monoisotopic (exact) mass is 356 g/mol. The zero-order valence-electron chi connectivity index (χ0n) is 13.7. The Labute approximate surface area is 151 Å². The summed E-state index contributed by atoms with van der Waals surface area (Å²) >= 11 is 3.23. The molecule has 1 N–H and O–H groups in total. The molecule has 0 saturated carbocycles. The third kappa shape index (κ3) is 4.22. The van der Waals surface area contributed by atoms with Gasteiger partial charge in [0.05, 0.1) is 17.0 Å². The Hall–Kier alpha value is -1.72. The van der Waals surface area contributed by atoms with Crippen molar-refractivity contribution in [2.75, 3.05) is 0 Å². The fourth-order valence-corrected chi connectivity index (χ4v) is 4.63. The molecular weight excluding hydrogens is 336 g/mol. The summed E-state index contributed by atoms with van der Waals surface area (Å²) < 4.78 is 0.962. The largest absolute Gasteiger partial charge is 0.349 e. The highest BCUT2D eigenvalue weighted by atomic mass is 32.2. The topological polar surface area (TPSA) is 41.5 Å². The first-order chi connectivity index (χ1) is 11.6. The quantitative estimate of drug-likeness (QED) is 0.845. The number of benzene rings is 2. The molecule has 2 atom stereocenters. The van der Waals surface area contributed by atoms with Crippen LogP contribution in [-0.2, 0) is 10.5 Å². The first kappa shape index (κ1) is 17.1. The molecule has 0 saturated heterocycles. The van der Waals surface area contributed by atoms with Gasteiger partial charge in [-0.05, 0) is 31.0 Å². The average molecular weight is 357 g/mol. The van der Waals surface area contributed by atoms with Gasteiger partial charge in [0.2, 0.25) is 5.91 Å². The number of nitrogens with one attached hydrogen (secondary N) is 1. The van der Waals surface area contributed by atoms with Crippen molar-refractivity contribution in [1.82, 2.24) is 5.32 Å². The number of thioether (sulfide) groups is 2. The molecule has 0 aliphatic carbocycles. The molecular formula is C19H20N2OS2. The average Bonchev–Trinajstić information content (AvgIpc) is 2.62. The van der Waals surface area contributed by atoms with Crippen molar-refractivity contribution in [2.24, 2.45) is 4.99 Å². The second-order valence-corrected chi connectivity index (χ2v) is 8.25. The molecule has 124 valence electrons. The summed E-state index contributed by atoms with van der Waals surface area (Å²) in [4.78, 5) is 17.1. The van der Waals surface area contributed by atoms with Crippen molar-refractivity contribution in [2.45, 2.75) is 30.9 Å². The molecule has 2 unspecified atom stereocenters. The van der Waals surface area contributed by atoms with E-state index in [-0.39, 0.29) is 17.2 Å². The maximum Gasteiger partial charge on any atom is 0.233 e. The van der Waals surface area contributed by atoms with Crippen LogP contribution in [0.3, 0.4) is 0 Å². The van der Waals surface area contributed by atoms with Crippen molar-refractivity contribution in [3.05, 3.63) is 65.7 Å². The van der Waals surface area contributed by atoms with Gasteiger partial charge in [-0.15, -0.1) is 0 Å². The van der Waals surface area contributed by atoms with E-state index < -0.39 is 0 Å². The third-order valence-corrected chi connectivity index (χ3v) is 6.16. The van der Waals surface area contributed by atoms with Crippen LogP contribution in [0.15, 0.2) is 59.6 Å². The van der Waals surface area contributed by atoms with Crippen LogP contribution in [0, 0.1) is 0 Å². The number of carbonyl (C=O) groups is 1. The van der Waals surface area contributed by atoms with Crippen LogP contribution in [0.2, 0.25) is 0 Å². The number of fused-ring (bicyclic) bond motifs is 1. The number of rotatable bonds is 4. The number of hydrogen-bond acceptors (Lipinski definition) is 4. The van der Waals surface area contributed by atoms with Crippen LogP contribution < -0.4 is 5.32 Å². The number of aliphatic imine (C=N–C) groups is 1. The summed E-state index contributed by atoms with van der Waals surface area (Å²) in [5, 5.41) is 2.91. The van der Waals surface area contributed by atoms with E-state index in [1.54, 1.807) is 11.8 Å². The summed E-state index contributed by atoms with van der Waals surface area (Å²) in [5.41, 5.74) is 3.38. The predicted octanol–water partition coefficient (Wildman–Crippen LogP) is 4.92. The minimum atomic E-state index is -0.173. The maximum atomic E-state index is 12.4. The second-order valence-electron chi connectivity index (χ2n) is 5.70. The molecule has 1 amide bonds. The van der Waals surface area contributed by atoms with E-state index in [2.05, 4.69) is 16.4 Å². The van der Waals surface area contributed by atoms with E-state index in [1.807, 2.05) is 62.4 Å². The van der Waals surface area contributed by atoms with Gasteiger partial charge in [0, 0.05) is 5.75 Å². The molecule has 1 aliphatic rings. The second kappa shape index (κ2) is 7.90. The number of para-hydroxylation sites is 1. The van der Waals surface area contributed by atoms with Crippen LogP contribution in [0.5, 0.6) is 0 Å². The molecule has 1 aliphatic heterocycles. The lowest BCUT2D eigenvalue weighted by Gasteiger charge is -2.19. The Balaban J connectivity index is 1.60. The van der Waals surface area contributed by atoms with Crippen molar-refractivity contribution < 1.29 is 4.79 Å². The zero-order chi connectivity index (χ0) is 16.9. The van der Waals surface area contributed by atoms with Gasteiger partial charge < -0.3 is 5.32 Å². The minimum absolute atomic E-state index is 0.00317. The molecule has 3 rings (SSSR count). The van der Waals surface area contributed by atoms with Gasteiger partial charge in [-0.25, -0.2) is 4.99 Å². The number of amides is 1. The Morgan fingerprint density at radius 3 is 2.62 bits per heavy atom. The molecule has 0 radical (unpaired) electrons.